The normalized spacial score (nSPS) is 10.8. The summed E-state index contributed by atoms with van der Waals surface area (Å²) in [6.45, 7) is 0. The van der Waals surface area contributed by atoms with Crippen molar-refractivity contribution in [1.82, 2.24) is 30.1 Å². The van der Waals surface area contributed by atoms with Crippen LogP contribution in [-0.2, 0) is 0 Å². The van der Waals surface area contributed by atoms with Crippen molar-refractivity contribution in [1.29, 1.82) is 0 Å². The van der Waals surface area contributed by atoms with E-state index >= 15 is 0 Å². The molecule has 2 aromatic heterocycles. The lowest BCUT2D eigenvalue weighted by Gasteiger charge is -1.93. The van der Waals surface area contributed by atoms with Crippen molar-refractivity contribution in [3.8, 4) is 0 Å². The zero-order valence-corrected chi connectivity index (χ0v) is 6.36. The maximum atomic E-state index is 3.73. The van der Waals surface area contributed by atoms with Crippen LogP contribution in [0.1, 0.15) is 0 Å². The number of rotatable bonds is 3. The maximum absolute atomic E-state index is 3.73. The second-order valence-corrected chi connectivity index (χ2v) is 1.98. The molecule has 2 rings (SSSR count). The maximum Gasteiger partial charge on any atom is 0.266 e. The quantitative estimate of drug-likeness (QED) is 0.493. The molecule has 13 heavy (non-hydrogen) atoms. The fraction of sp³-hybridized carbons (Fsp3) is 0. The molecule has 9 nitrogen and oxygen atoms in total. The van der Waals surface area contributed by atoms with Crippen LogP contribution in [0.25, 0.3) is 0 Å². The van der Waals surface area contributed by atoms with Gasteiger partial charge in [-0.25, -0.2) is 9.77 Å². The van der Waals surface area contributed by atoms with Crippen LogP contribution in [0, 0.1) is 0 Å². The van der Waals surface area contributed by atoms with Crippen molar-refractivity contribution < 1.29 is 0 Å². The van der Waals surface area contributed by atoms with Crippen molar-refractivity contribution in [3.05, 3.63) is 19.0 Å². The van der Waals surface area contributed by atoms with E-state index in [0.717, 1.165) is 0 Å². The molecule has 0 fully saturated rings. The number of aromatic nitrogens is 6. The Labute approximate surface area is 71.9 Å². The summed E-state index contributed by atoms with van der Waals surface area (Å²) in [5.74, 6) is 0.320. The summed E-state index contributed by atoms with van der Waals surface area (Å²) in [6.07, 6.45) is 4.23. The Morgan fingerprint density at radius 2 is 2.23 bits per heavy atom. The molecule has 0 atom stereocenters. The third kappa shape index (κ3) is 1.83. The van der Waals surface area contributed by atoms with Gasteiger partial charge in [-0.15, -0.1) is 10.2 Å². The summed E-state index contributed by atoms with van der Waals surface area (Å²) in [5.41, 5.74) is 2.53. The molecule has 0 aliphatic rings. The minimum absolute atomic E-state index is 0.320. The average Bonchev–Trinajstić information content (AvgIpc) is 2.75. The lowest BCUT2D eigenvalue weighted by Crippen LogP contribution is -2.03. The van der Waals surface area contributed by atoms with Crippen LogP contribution in [0.15, 0.2) is 29.3 Å². The molecule has 0 aliphatic heterocycles. The van der Waals surface area contributed by atoms with E-state index in [0.29, 0.717) is 5.95 Å². The highest BCUT2D eigenvalue weighted by atomic mass is 15.7. The van der Waals surface area contributed by atoms with Gasteiger partial charge in [0.2, 0.25) is 0 Å². The Balaban J connectivity index is 1.93. The predicted octanol–water partition coefficient (Wildman–Crippen LogP) is -0.361. The van der Waals surface area contributed by atoms with Gasteiger partial charge < -0.3 is 0 Å². The van der Waals surface area contributed by atoms with Gasteiger partial charge in [0.05, 0.1) is 0 Å². The van der Waals surface area contributed by atoms with Gasteiger partial charge in [-0.2, -0.15) is 15.6 Å². The second kappa shape index (κ2) is 3.38. The monoisotopic (exact) mass is 179 g/mol. The topological polar surface area (TPSA) is 109 Å². The molecule has 0 amide bonds. The largest absolute Gasteiger partial charge is 0.266 e. The number of nitrogens with one attached hydrogen (secondary N) is 2. The van der Waals surface area contributed by atoms with E-state index in [1.807, 2.05) is 0 Å². The van der Waals surface area contributed by atoms with Gasteiger partial charge in [0, 0.05) is 0 Å². The molecule has 0 bridgehead atoms. The van der Waals surface area contributed by atoms with E-state index in [1.54, 1.807) is 0 Å². The average molecular weight is 179 g/mol. The summed E-state index contributed by atoms with van der Waals surface area (Å²) in [4.78, 5) is 3.73. The fourth-order valence-electron chi connectivity index (χ4n) is 0.621. The predicted molar refractivity (Wildman–Crippen MR) is 40.3 cm³/mol. The highest BCUT2D eigenvalue weighted by Gasteiger charge is 1.88. The Hall–Kier alpha value is -2.32. The first-order valence-electron chi connectivity index (χ1n) is 3.32. The van der Waals surface area contributed by atoms with Crippen molar-refractivity contribution in [2.45, 2.75) is 0 Å². The van der Waals surface area contributed by atoms with Crippen LogP contribution in [0.3, 0.4) is 0 Å². The van der Waals surface area contributed by atoms with Gasteiger partial charge in [-0.05, 0) is 5.22 Å². The van der Waals surface area contributed by atoms with Gasteiger partial charge in [0.25, 0.3) is 5.95 Å². The zero-order chi connectivity index (χ0) is 8.93. The van der Waals surface area contributed by atoms with Crippen molar-refractivity contribution in [2.24, 2.45) is 10.3 Å². The number of aromatic amines is 1. The Kier molecular flexibility index (Phi) is 1.91. The number of H-pyrrole nitrogens is 1. The smallest absolute Gasteiger partial charge is 0.242 e. The molecule has 0 radical (unpaired) electrons. The molecule has 2 N–H and O–H groups in total. The van der Waals surface area contributed by atoms with Crippen molar-refractivity contribution in [3.63, 3.8) is 0 Å². The minimum atomic E-state index is 0.320. The molecule has 0 unspecified atom stereocenters. The number of hydrogen-bond acceptors (Lipinski definition) is 6. The highest BCUT2D eigenvalue weighted by Crippen LogP contribution is 1.97. The molecule has 0 aliphatic carbocycles. The summed E-state index contributed by atoms with van der Waals surface area (Å²) in [5, 5.41) is 20.4. The Bertz CT molecular complexity index is 358. The molecule has 2 heterocycles. The van der Waals surface area contributed by atoms with Crippen LogP contribution in [0.5, 0.6) is 0 Å². The molecule has 2 aromatic rings. The summed E-state index contributed by atoms with van der Waals surface area (Å²) >= 11 is 0. The molecule has 66 valence electrons. The van der Waals surface area contributed by atoms with E-state index in [9.17, 15) is 0 Å². The van der Waals surface area contributed by atoms with Gasteiger partial charge in [0.15, 0.2) is 0 Å². The number of hydrogen-bond donors (Lipinski definition) is 2. The van der Waals surface area contributed by atoms with E-state index in [2.05, 4.69) is 41.3 Å². The minimum Gasteiger partial charge on any atom is -0.242 e. The summed E-state index contributed by atoms with van der Waals surface area (Å²) in [6, 6.07) is 0. The molecular weight excluding hydrogens is 174 g/mol. The van der Waals surface area contributed by atoms with E-state index in [4.69, 9.17) is 0 Å². The van der Waals surface area contributed by atoms with E-state index in [-0.39, 0.29) is 0 Å². The van der Waals surface area contributed by atoms with Crippen molar-refractivity contribution >= 4 is 5.95 Å². The Morgan fingerprint density at radius 3 is 2.92 bits per heavy atom. The molecular formula is C4H5N9. The molecule has 0 saturated carbocycles. The zero-order valence-electron chi connectivity index (χ0n) is 6.36. The van der Waals surface area contributed by atoms with E-state index < -0.39 is 0 Å². The first kappa shape index (κ1) is 7.34. The van der Waals surface area contributed by atoms with Gasteiger partial charge >= 0.3 is 0 Å². The third-order valence-electron chi connectivity index (χ3n) is 1.13. The van der Waals surface area contributed by atoms with Crippen LogP contribution >= 0.6 is 0 Å². The number of nitrogens with zero attached hydrogens (tertiary/aromatic N) is 7. The lowest BCUT2D eigenvalue weighted by molar-refractivity contribution is 0.830. The molecule has 0 spiro atoms. The van der Waals surface area contributed by atoms with Gasteiger partial charge in [0.1, 0.15) is 19.0 Å². The van der Waals surface area contributed by atoms with E-state index in [1.165, 1.54) is 23.7 Å². The Morgan fingerprint density at radius 1 is 1.38 bits per heavy atom. The first-order valence-corrected chi connectivity index (χ1v) is 3.32. The van der Waals surface area contributed by atoms with Gasteiger partial charge in [-0.3, -0.25) is 0 Å². The van der Waals surface area contributed by atoms with Gasteiger partial charge in [-0.1, -0.05) is 5.11 Å². The van der Waals surface area contributed by atoms with Crippen LogP contribution in [0.4, 0.5) is 5.95 Å². The SMILES string of the molecule is c1n[nH]c(N=NNn2cnnc2)n1. The van der Waals surface area contributed by atoms with Crippen LogP contribution in [-0.4, -0.2) is 30.1 Å². The summed E-state index contributed by atoms with van der Waals surface area (Å²) < 4.78 is 1.43. The fourth-order valence-corrected chi connectivity index (χ4v) is 0.621. The highest BCUT2D eigenvalue weighted by molar-refractivity contribution is 5.06. The standard InChI is InChI=1S/C4H5N9/c1-5-4(9-6-1)10-11-12-13-2-7-8-3-13/h1-3H,(H2,5,6,9,10,12). The summed E-state index contributed by atoms with van der Waals surface area (Å²) in [7, 11) is 0. The lowest BCUT2D eigenvalue weighted by atomic mass is 11.1. The second-order valence-electron chi connectivity index (χ2n) is 1.98. The first-order chi connectivity index (χ1) is 6.45. The third-order valence-corrected chi connectivity index (χ3v) is 1.13. The van der Waals surface area contributed by atoms with Crippen LogP contribution in [0.2, 0.25) is 0 Å². The van der Waals surface area contributed by atoms with Crippen LogP contribution < -0.4 is 5.53 Å². The molecule has 0 saturated heterocycles. The molecule has 0 aromatic carbocycles. The van der Waals surface area contributed by atoms with Crippen molar-refractivity contribution in [2.75, 3.05) is 5.53 Å². The molecule has 9 heteroatoms.